The lowest BCUT2D eigenvalue weighted by Gasteiger charge is -2.10. The first kappa shape index (κ1) is 17.5. The topological polar surface area (TPSA) is 38.3 Å². The maximum Gasteiger partial charge on any atom is 0.263 e. The summed E-state index contributed by atoms with van der Waals surface area (Å²) in [6.07, 6.45) is 1.78. The number of hydrogen-bond acceptors (Lipinski definition) is 4. The molecule has 1 aliphatic rings. The van der Waals surface area contributed by atoms with Gasteiger partial charge >= 0.3 is 0 Å². The second kappa shape index (κ2) is 7.70. The molecule has 2 aromatic rings. The van der Waals surface area contributed by atoms with Crippen molar-refractivity contribution in [3.8, 4) is 5.75 Å². The number of benzene rings is 2. The number of ether oxygens (including phenoxy) is 1. The number of carbonyl (C=O) groups excluding carboxylic acids is 1. The molecule has 7 heteroatoms. The van der Waals surface area contributed by atoms with E-state index < -0.39 is 0 Å². The normalized spacial score (nSPS) is 15.7. The standard InChI is InChI=1S/C17H11BrClNO2S2/c18-12-4-5-14(22-9-10-2-1-3-13(19)6-10)11(7-12)8-15-16(21)20-17(23)24-15/h1-8H,9H2,(H,20,21,23). The predicted molar refractivity (Wildman–Crippen MR) is 106 cm³/mol. The molecule has 122 valence electrons. The van der Waals surface area contributed by atoms with Crippen LogP contribution in [0.5, 0.6) is 5.75 Å². The first-order valence-electron chi connectivity index (χ1n) is 6.93. The Balaban J connectivity index is 1.84. The van der Waals surface area contributed by atoms with Crippen LogP contribution in [-0.4, -0.2) is 10.2 Å². The minimum absolute atomic E-state index is 0.189. The maximum atomic E-state index is 11.8. The smallest absolute Gasteiger partial charge is 0.263 e. The lowest BCUT2D eigenvalue weighted by molar-refractivity contribution is -0.115. The van der Waals surface area contributed by atoms with Gasteiger partial charge in [-0.25, -0.2) is 0 Å². The van der Waals surface area contributed by atoms with Gasteiger partial charge in [0, 0.05) is 15.1 Å². The van der Waals surface area contributed by atoms with E-state index in [1.807, 2.05) is 42.5 Å². The molecule has 1 N–H and O–H groups in total. The lowest BCUT2D eigenvalue weighted by Crippen LogP contribution is -2.17. The SMILES string of the molecule is O=C1NC(=S)SC1=Cc1cc(Br)ccc1OCc1cccc(Cl)c1. The zero-order valence-corrected chi connectivity index (χ0v) is 16.2. The molecular weight excluding hydrogens is 430 g/mol. The fourth-order valence-corrected chi connectivity index (χ4v) is 3.74. The van der Waals surface area contributed by atoms with Crippen molar-refractivity contribution in [3.05, 3.63) is 68.0 Å². The van der Waals surface area contributed by atoms with Crippen molar-refractivity contribution in [3.63, 3.8) is 0 Å². The van der Waals surface area contributed by atoms with Crippen LogP contribution >= 0.6 is 51.5 Å². The van der Waals surface area contributed by atoms with Gasteiger partial charge in [0.1, 0.15) is 16.7 Å². The van der Waals surface area contributed by atoms with Crippen LogP contribution in [-0.2, 0) is 11.4 Å². The Morgan fingerprint density at radius 2 is 2.12 bits per heavy atom. The van der Waals surface area contributed by atoms with Gasteiger partial charge in [-0.2, -0.15) is 0 Å². The van der Waals surface area contributed by atoms with Crippen molar-refractivity contribution >= 4 is 67.8 Å². The molecule has 0 unspecified atom stereocenters. The highest BCUT2D eigenvalue weighted by molar-refractivity contribution is 9.10. The molecule has 0 radical (unpaired) electrons. The zero-order chi connectivity index (χ0) is 17.1. The van der Waals surface area contributed by atoms with E-state index in [-0.39, 0.29) is 5.91 Å². The molecule has 0 spiro atoms. The second-order valence-corrected chi connectivity index (χ2v) is 8.02. The number of thiocarbonyl (C=S) groups is 1. The molecule has 0 bridgehead atoms. The van der Waals surface area contributed by atoms with E-state index in [0.717, 1.165) is 15.6 Å². The number of halogens is 2. The third-order valence-electron chi connectivity index (χ3n) is 3.18. The Hall–Kier alpha value is -1.34. The highest BCUT2D eigenvalue weighted by Gasteiger charge is 2.22. The summed E-state index contributed by atoms with van der Waals surface area (Å²) in [7, 11) is 0. The summed E-state index contributed by atoms with van der Waals surface area (Å²) in [5.74, 6) is 0.489. The van der Waals surface area contributed by atoms with Crippen molar-refractivity contribution in [2.24, 2.45) is 0 Å². The van der Waals surface area contributed by atoms with Crippen molar-refractivity contribution < 1.29 is 9.53 Å². The summed E-state index contributed by atoms with van der Waals surface area (Å²) in [5.41, 5.74) is 1.77. The molecule has 2 aromatic carbocycles. The Kier molecular flexibility index (Phi) is 5.61. The van der Waals surface area contributed by atoms with Gasteiger partial charge in [-0.1, -0.05) is 63.6 Å². The molecule has 0 saturated carbocycles. The van der Waals surface area contributed by atoms with Gasteiger partial charge in [-0.3, -0.25) is 4.79 Å². The van der Waals surface area contributed by atoms with Crippen molar-refractivity contribution in [1.29, 1.82) is 0 Å². The molecule has 0 atom stereocenters. The summed E-state index contributed by atoms with van der Waals surface area (Å²) in [6.45, 7) is 0.385. The number of rotatable bonds is 4. The zero-order valence-electron chi connectivity index (χ0n) is 12.2. The van der Waals surface area contributed by atoms with Crippen LogP contribution in [0.2, 0.25) is 5.02 Å². The number of hydrogen-bond donors (Lipinski definition) is 1. The summed E-state index contributed by atoms with van der Waals surface area (Å²) < 4.78 is 7.27. The van der Waals surface area contributed by atoms with Crippen LogP contribution in [0.4, 0.5) is 0 Å². The van der Waals surface area contributed by atoms with Crippen LogP contribution in [0, 0.1) is 0 Å². The maximum absolute atomic E-state index is 11.8. The highest BCUT2D eigenvalue weighted by Crippen LogP contribution is 2.31. The van der Waals surface area contributed by atoms with Gasteiger partial charge in [0.2, 0.25) is 0 Å². The quantitative estimate of drug-likeness (QED) is 0.526. The Labute approximate surface area is 162 Å². The summed E-state index contributed by atoms with van der Waals surface area (Å²) in [5, 5.41) is 3.27. The largest absolute Gasteiger partial charge is 0.488 e. The van der Waals surface area contributed by atoms with Crippen LogP contribution in [0.1, 0.15) is 11.1 Å². The fraction of sp³-hybridized carbons (Fsp3) is 0.0588. The number of thioether (sulfide) groups is 1. The van der Waals surface area contributed by atoms with Crippen LogP contribution in [0.25, 0.3) is 6.08 Å². The Bertz CT molecular complexity index is 854. The summed E-state index contributed by atoms with van der Waals surface area (Å²) >= 11 is 15.7. The number of nitrogens with one attached hydrogen (secondary N) is 1. The van der Waals surface area contributed by atoms with Gasteiger partial charge < -0.3 is 10.1 Å². The van der Waals surface area contributed by atoms with E-state index >= 15 is 0 Å². The predicted octanol–water partition coefficient (Wildman–Crippen LogP) is 5.17. The molecule has 0 aromatic heterocycles. The molecule has 1 fully saturated rings. The van der Waals surface area contributed by atoms with Gasteiger partial charge in [-0.05, 0) is 42.0 Å². The molecular formula is C17H11BrClNO2S2. The van der Waals surface area contributed by atoms with E-state index in [1.54, 1.807) is 6.08 Å². The van der Waals surface area contributed by atoms with E-state index in [0.29, 0.717) is 26.6 Å². The third-order valence-corrected chi connectivity index (χ3v) is 5.07. The fourth-order valence-electron chi connectivity index (χ4n) is 2.11. The molecule has 3 nitrogen and oxygen atoms in total. The van der Waals surface area contributed by atoms with E-state index in [1.165, 1.54) is 11.8 Å². The van der Waals surface area contributed by atoms with Crippen molar-refractivity contribution in [2.45, 2.75) is 6.61 Å². The van der Waals surface area contributed by atoms with E-state index in [2.05, 4.69) is 21.2 Å². The lowest BCUT2D eigenvalue weighted by atomic mass is 10.2. The van der Waals surface area contributed by atoms with Crippen molar-refractivity contribution in [2.75, 3.05) is 0 Å². The average molecular weight is 441 g/mol. The number of amides is 1. The van der Waals surface area contributed by atoms with Crippen LogP contribution < -0.4 is 10.1 Å². The van der Waals surface area contributed by atoms with E-state index in [9.17, 15) is 4.79 Å². The molecule has 24 heavy (non-hydrogen) atoms. The summed E-state index contributed by atoms with van der Waals surface area (Å²) in [4.78, 5) is 12.4. The monoisotopic (exact) mass is 439 g/mol. The highest BCUT2D eigenvalue weighted by atomic mass is 79.9. The third kappa shape index (κ3) is 4.39. The van der Waals surface area contributed by atoms with Crippen molar-refractivity contribution in [1.82, 2.24) is 5.32 Å². The molecule has 1 saturated heterocycles. The molecule has 0 aliphatic carbocycles. The first-order chi connectivity index (χ1) is 11.5. The Morgan fingerprint density at radius 3 is 2.83 bits per heavy atom. The van der Waals surface area contributed by atoms with Crippen LogP contribution in [0.15, 0.2) is 51.8 Å². The Morgan fingerprint density at radius 1 is 1.29 bits per heavy atom. The number of carbonyl (C=O) groups is 1. The minimum atomic E-state index is -0.189. The van der Waals surface area contributed by atoms with Crippen LogP contribution in [0.3, 0.4) is 0 Å². The van der Waals surface area contributed by atoms with Gasteiger partial charge in [0.15, 0.2) is 0 Å². The molecule has 1 heterocycles. The first-order valence-corrected chi connectivity index (χ1v) is 9.32. The summed E-state index contributed by atoms with van der Waals surface area (Å²) in [6, 6.07) is 13.2. The molecule has 1 aliphatic heterocycles. The average Bonchev–Trinajstić information content (AvgIpc) is 2.84. The molecule has 1 amide bonds. The van der Waals surface area contributed by atoms with Gasteiger partial charge in [0.05, 0.1) is 4.91 Å². The van der Waals surface area contributed by atoms with Gasteiger partial charge in [-0.15, -0.1) is 0 Å². The molecule has 3 rings (SSSR count). The van der Waals surface area contributed by atoms with E-state index in [4.69, 9.17) is 28.6 Å². The minimum Gasteiger partial charge on any atom is -0.488 e. The van der Waals surface area contributed by atoms with Gasteiger partial charge in [0.25, 0.3) is 5.91 Å². The second-order valence-electron chi connectivity index (χ2n) is 4.95.